The maximum atomic E-state index is 14.5. The molecule has 1 saturated carbocycles. The lowest BCUT2D eigenvalue weighted by Crippen LogP contribution is -2.35. The molecule has 2 aliphatic rings. The molecule has 1 aromatic carbocycles. The van der Waals surface area contributed by atoms with Crippen LogP contribution in [0.25, 0.3) is 0 Å². The Bertz CT molecular complexity index is 756. The van der Waals surface area contributed by atoms with Crippen molar-refractivity contribution >= 4 is 11.6 Å². The van der Waals surface area contributed by atoms with Crippen LogP contribution >= 0.6 is 0 Å². The number of aryl methyl sites for hydroxylation is 1. The summed E-state index contributed by atoms with van der Waals surface area (Å²) in [4.78, 5) is 22.7. The van der Waals surface area contributed by atoms with E-state index in [0.717, 1.165) is 36.9 Å². The predicted molar refractivity (Wildman–Crippen MR) is 89.3 cm³/mol. The normalized spacial score (nSPS) is 18.1. The summed E-state index contributed by atoms with van der Waals surface area (Å²) in [6.07, 6.45) is 10.1. The zero-order valence-electron chi connectivity index (χ0n) is 13.5. The Balaban J connectivity index is 1.59. The molecule has 5 heteroatoms. The third-order valence-corrected chi connectivity index (χ3v) is 5.36. The molecule has 0 radical (unpaired) electrons. The minimum Gasteiger partial charge on any atom is -0.309 e. The first kappa shape index (κ1) is 15.2. The Hall–Kier alpha value is -2.30. The first-order valence-electron chi connectivity index (χ1n) is 8.54. The van der Waals surface area contributed by atoms with Crippen LogP contribution in [0.2, 0.25) is 0 Å². The molecule has 24 heavy (non-hydrogen) atoms. The molecule has 0 atom stereocenters. The van der Waals surface area contributed by atoms with Gasteiger partial charge in [-0.3, -0.25) is 14.8 Å². The summed E-state index contributed by atoms with van der Waals surface area (Å²) in [5.74, 6) is -0.320. The lowest BCUT2D eigenvalue weighted by atomic mass is 9.81. The van der Waals surface area contributed by atoms with Gasteiger partial charge in [-0.05, 0) is 30.9 Å². The molecule has 0 bridgehead atoms. The highest BCUT2D eigenvalue weighted by Gasteiger charge is 2.47. The molecule has 4 nitrogen and oxygen atoms in total. The summed E-state index contributed by atoms with van der Waals surface area (Å²) in [5, 5.41) is 0. The molecule has 1 aromatic heterocycles. The van der Waals surface area contributed by atoms with E-state index in [1.54, 1.807) is 29.6 Å². The van der Waals surface area contributed by atoms with Crippen LogP contribution in [0.3, 0.4) is 0 Å². The maximum absolute atomic E-state index is 14.5. The van der Waals surface area contributed by atoms with Crippen LogP contribution in [0.5, 0.6) is 0 Å². The fourth-order valence-electron chi connectivity index (χ4n) is 4.21. The van der Waals surface area contributed by atoms with Gasteiger partial charge in [-0.2, -0.15) is 0 Å². The van der Waals surface area contributed by atoms with Crippen LogP contribution in [0, 0.1) is 5.82 Å². The van der Waals surface area contributed by atoms with Crippen LogP contribution < -0.4 is 4.90 Å². The third kappa shape index (κ3) is 2.48. The van der Waals surface area contributed by atoms with Crippen molar-refractivity contribution in [2.24, 2.45) is 0 Å². The van der Waals surface area contributed by atoms with Gasteiger partial charge >= 0.3 is 0 Å². The van der Waals surface area contributed by atoms with E-state index in [1.807, 2.05) is 6.07 Å². The van der Waals surface area contributed by atoms with Gasteiger partial charge < -0.3 is 4.90 Å². The SMILES string of the molecule is O=C(CCc1cnccn1)N1CC2(CCCC2)c2cccc(F)c21. The molecule has 0 N–H and O–H groups in total. The number of carbonyl (C=O) groups is 1. The number of benzene rings is 1. The molecule has 1 amide bonds. The van der Waals surface area contributed by atoms with Crippen LogP contribution in [0.1, 0.15) is 43.4 Å². The summed E-state index contributed by atoms with van der Waals surface area (Å²) < 4.78 is 14.5. The maximum Gasteiger partial charge on any atom is 0.227 e. The van der Waals surface area contributed by atoms with Crippen LogP contribution in [0.15, 0.2) is 36.8 Å². The number of fused-ring (bicyclic) bond motifs is 2. The number of anilines is 1. The van der Waals surface area contributed by atoms with Crippen molar-refractivity contribution in [1.82, 2.24) is 9.97 Å². The standard InChI is InChI=1S/C19H20FN3O/c20-16-5-3-4-15-18(16)23(13-19(15)8-1-2-9-19)17(24)7-6-14-12-21-10-11-22-14/h3-5,10-12H,1-2,6-9,13H2. The predicted octanol–water partition coefficient (Wildman–Crippen LogP) is 3.41. The van der Waals surface area contributed by atoms with E-state index in [1.165, 1.54) is 6.07 Å². The quantitative estimate of drug-likeness (QED) is 0.869. The average Bonchev–Trinajstić information content (AvgIpc) is 3.21. The van der Waals surface area contributed by atoms with E-state index in [2.05, 4.69) is 9.97 Å². The fourth-order valence-corrected chi connectivity index (χ4v) is 4.21. The molecule has 0 unspecified atom stereocenters. The second-order valence-corrected chi connectivity index (χ2v) is 6.80. The van der Waals surface area contributed by atoms with Crippen molar-refractivity contribution in [2.75, 3.05) is 11.4 Å². The minimum absolute atomic E-state index is 0.0317. The number of carbonyl (C=O) groups excluding carboxylic acids is 1. The van der Waals surface area contributed by atoms with Crippen molar-refractivity contribution in [3.05, 3.63) is 53.9 Å². The summed E-state index contributed by atoms with van der Waals surface area (Å²) >= 11 is 0. The monoisotopic (exact) mass is 325 g/mol. The Morgan fingerprint density at radius 1 is 1.25 bits per heavy atom. The van der Waals surface area contributed by atoms with Crippen LogP contribution in [-0.4, -0.2) is 22.4 Å². The Morgan fingerprint density at radius 2 is 2.08 bits per heavy atom. The molecule has 0 saturated heterocycles. The molecule has 1 fully saturated rings. The number of amides is 1. The highest BCUT2D eigenvalue weighted by molar-refractivity contribution is 5.96. The summed E-state index contributed by atoms with van der Waals surface area (Å²) in [6, 6.07) is 5.22. The van der Waals surface area contributed by atoms with Crippen molar-refractivity contribution in [3.63, 3.8) is 0 Å². The van der Waals surface area contributed by atoms with Gasteiger partial charge in [0.25, 0.3) is 0 Å². The van der Waals surface area contributed by atoms with Gasteiger partial charge in [-0.15, -0.1) is 0 Å². The van der Waals surface area contributed by atoms with E-state index >= 15 is 0 Å². The van der Waals surface area contributed by atoms with Crippen molar-refractivity contribution in [2.45, 2.75) is 43.9 Å². The Kier molecular flexibility index (Phi) is 3.79. The van der Waals surface area contributed by atoms with Gasteiger partial charge in [-0.25, -0.2) is 4.39 Å². The number of hydrogen-bond acceptors (Lipinski definition) is 3. The first-order chi connectivity index (χ1) is 11.7. The van der Waals surface area contributed by atoms with Crippen LogP contribution in [-0.2, 0) is 16.6 Å². The zero-order chi connectivity index (χ0) is 16.6. The number of nitrogens with zero attached hydrogens (tertiary/aromatic N) is 3. The number of aromatic nitrogens is 2. The topological polar surface area (TPSA) is 46.1 Å². The second-order valence-electron chi connectivity index (χ2n) is 6.80. The lowest BCUT2D eigenvalue weighted by molar-refractivity contribution is -0.118. The average molecular weight is 325 g/mol. The van der Waals surface area contributed by atoms with Crippen LogP contribution in [0.4, 0.5) is 10.1 Å². The fraction of sp³-hybridized carbons (Fsp3) is 0.421. The molecule has 1 spiro atoms. The second kappa shape index (κ2) is 5.96. The van der Waals surface area contributed by atoms with E-state index < -0.39 is 0 Å². The third-order valence-electron chi connectivity index (χ3n) is 5.36. The molecular formula is C19H20FN3O. The van der Waals surface area contributed by atoms with Gasteiger partial charge in [0.05, 0.1) is 11.4 Å². The molecule has 1 aliphatic heterocycles. The largest absolute Gasteiger partial charge is 0.309 e. The molecule has 2 aromatic rings. The molecule has 2 heterocycles. The number of para-hydroxylation sites is 1. The van der Waals surface area contributed by atoms with E-state index in [-0.39, 0.29) is 17.1 Å². The number of rotatable bonds is 3. The van der Waals surface area contributed by atoms with Gasteiger partial charge in [0.1, 0.15) is 5.82 Å². The van der Waals surface area contributed by atoms with Crippen molar-refractivity contribution < 1.29 is 9.18 Å². The molecule has 4 rings (SSSR count). The highest BCUT2D eigenvalue weighted by atomic mass is 19.1. The smallest absolute Gasteiger partial charge is 0.227 e. The summed E-state index contributed by atoms with van der Waals surface area (Å²) in [5.41, 5.74) is 2.27. The Labute approximate surface area is 140 Å². The Morgan fingerprint density at radius 3 is 2.83 bits per heavy atom. The zero-order valence-corrected chi connectivity index (χ0v) is 13.5. The number of hydrogen-bond donors (Lipinski definition) is 0. The van der Waals surface area contributed by atoms with E-state index in [4.69, 9.17) is 0 Å². The molecule has 124 valence electrons. The number of halogens is 1. The molecular weight excluding hydrogens is 305 g/mol. The van der Waals surface area contributed by atoms with Crippen molar-refractivity contribution in [1.29, 1.82) is 0 Å². The van der Waals surface area contributed by atoms with Gasteiger partial charge in [0.15, 0.2) is 0 Å². The van der Waals surface area contributed by atoms with E-state index in [9.17, 15) is 9.18 Å². The highest BCUT2D eigenvalue weighted by Crippen LogP contribution is 2.51. The van der Waals surface area contributed by atoms with Gasteiger partial charge in [0.2, 0.25) is 5.91 Å². The molecule has 1 aliphatic carbocycles. The van der Waals surface area contributed by atoms with Gasteiger partial charge in [0, 0.05) is 37.0 Å². The lowest BCUT2D eigenvalue weighted by Gasteiger charge is -2.24. The van der Waals surface area contributed by atoms with E-state index in [0.29, 0.717) is 25.1 Å². The summed E-state index contributed by atoms with van der Waals surface area (Å²) in [6.45, 7) is 0.614. The minimum atomic E-state index is -0.288. The first-order valence-corrected chi connectivity index (χ1v) is 8.54. The van der Waals surface area contributed by atoms with Crippen molar-refractivity contribution in [3.8, 4) is 0 Å². The summed E-state index contributed by atoms with van der Waals surface area (Å²) in [7, 11) is 0. The van der Waals surface area contributed by atoms with Gasteiger partial charge in [-0.1, -0.05) is 25.0 Å².